The molecular formula is C13H27N3O. The van der Waals surface area contributed by atoms with Crippen molar-refractivity contribution in [2.45, 2.75) is 26.8 Å². The third-order valence-electron chi connectivity index (χ3n) is 3.63. The van der Waals surface area contributed by atoms with Crippen LogP contribution in [0.15, 0.2) is 0 Å². The van der Waals surface area contributed by atoms with Crippen LogP contribution < -0.4 is 10.6 Å². The predicted molar refractivity (Wildman–Crippen MR) is 70.8 cm³/mol. The summed E-state index contributed by atoms with van der Waals surface area (Å²) in [6, 6.07) is 0.244. The summed E-state index contributed by atoms with van der Waals surface area (Å²) in [4.78, 5) is 14.2. The van der Waals surface area contributed by atoms with Crippen molar-refractivity contribution in [1.29, 1.82) is 0 Å². The molecule has 4 nitrogen and oxygen atoms in total. The smallest absolute Gasteiger partial charge is 0.223 e. The first-order valence-electron chi connectivity index (χ1n) is 6.57. The van der Waals surface area contributed by atoms with Crippen LogP contribution in [0.25, 0.3) is 0 Å². The van der Waals surface area contributed by atoms with Crippen molar-refractivity contribution < 1.29 is 4.79 Å². The van der Waals surface area contributed by atoms with Crippen LogP contribution in [0.1, 0.15) is 20.8 Å². The Bertz CT molecular complexity index is 249. The van der Waals surface area contributed by atoms with Crippen molar-refractivity contribution in [3.05, 3.63) is 0 Å². The van der Waals surface area contributed by atoms with Crippen LogP contribution in [0, 0.1) is 17.8 Å². The Morgan fingerprint density at radius 3 is 2.29 bits per heavy atom. The highest BCUT2D eigenvalue weighted by atomic mass is 16.2. The molecule has 4 heteroatoms. The predicted octanol–water partition coefficient (Wildman–Crippen LogP) is 0.544. The highest BCUT2D eigenvalue weighted by molar-refractivity contribution is 5.79. The van der Waals surface area contributed by atoms with Crippen molar-refractivity contribution in [2.75, 3.05) is 33.7 Å². The van der Waals surface area contributed by atoms with E-state index < -0.39 is 0 Å². The minimum atomic E-state index is 0.125. The number of nitrogens with zero attached hydrogens (tertiary/aromatic N) is 1. The highest BCUT2D eigenvalue weighted by Crippen LogP contribution is 2.16. The molecule has 2 atom stereocenters. The molecule has 1 aliphatic rings. The first-order chi connectivity index (χ1) is 7.91. The quantitative estimate of drug-likeness (QED) is 0.713. The molecule has 100 valence electrons. The summed E-state index contributed by atoms with van der Waals surface area (Å²) in [6.45, 7) is 9.21. The maximum absolute atomic E-state index is 12.1. The van der Waals surface area contributed by atoms with Gasteiger partial charge in [0.25, 0.3) is 0 Å². The van der Waals surface area contributed by atoms with Gasteiger partial charge in [0.1, 0.15) is 0 Å². The van der Waals surface area contributed by atoms with Crippen molar-refractivity contribution >= 4 is 5.91 Å². The van der Waals surface area contributed by atoms with Gasteiger partial charge < -0.3 is 15.5 Å². The van der Waals surface area contributed by atoms with Gasteiger partial charge in [-0.25, -0.2) is 0 Å². The monoisotopic (exact) mass is 241 g/mol. The summed E-state index contributed by atoms with van der Waals surface area (Å²) in [5.74, 6) is 1.31. The fourth-order valence-electron chi connectivity index (χ4n) is 2.01. The SMILES string of the molecule is CC(C)C(CN(C)C)NC(=O)C(C)C1CNC1. The molecule has 2 unspecified atom stereocenters. The highest BCUT2D eigenvalue weighted by Gasteiger charge is 2.30. The van der Waals surface area contributed by atoms with Crippen LogP contribution in [0.5, 0.6) is 0 Å². The molecule has 1 fully saturated rings. The molecule has 0 aromatic rings. The van der Waals surface area contributed by atoms with E-state index in [4.69, 9.17) is 0 Å². The molecule has 1 amide bonds. The standard InChI is InChI=1S/C13H27N3O/c1-9(2)12(8-16(4)5)15-13(17)10(3)11-6-14-7-11/h9-12,14H,6-8H2,1-5H3,(H,15,17). The van der Waals surface area contributed by atoms with E-state index >= 15 is 0 Å². The molecule has 1 rings (SSSR count). The van der Waals surface area contributed by atoms with Gasteiger partial charge in [-0.1, -0.05) is 20.8 Å². The Balaban J connectivity index is 2.44. The second-order valence-corrected chi connectivity index (χ2v) is 5.83. The van der Waals surface area contributed by atoms with Gasteiger partial charge in [0.15, 0.2) is 0 Å². The van der Waals surface area contributed by atoms with Gasteiger partial charge in [-0.2, -0.15) is 0 Å². The summed E-state index contributed by atoms with van der Waals surface area (Å²) in [6.07, 6.45) is 0. The molecule has 0 aliphatic carbocycles. The molecule has 1 aliphatic heterocycles. The Morgan fingerprint density at radius 2 is 1.94 bits per heavy atom. The number of hydrogen-bond acceptors (Lipinski definition) is 3. The maximum Gasteiger partial charge on any atom is 0.223 e. The zero-order valence-corrected chi connectivity index (χ0v) is 11.8. The van der Waals surface area contributed by atoms with Crippen LogP contribution in [0.3, 0.4) is 0 Å². The lowest BCUT2D eigenvalue weighted by Gasteiger charge is -2.34. The van der Waals surface area contributed by atoms with Gasteiger partial charge in [0.2, 0.25) is 5.91 Å². The largest absolute Gasteiger partial charge is 0.352 e. The van der Waals surface area contributed by atoms with Gasteiger partial charge in [-0.15, -0.1) is 0 Å². The van der Waals surface area contributed by atoms with E-state index in [-0.39, 0.29) is 17.9 Å². The second kappa shape index (κ2) is 6.36. The molecule has 0 bridgehead atoms. The van der Waals surface area contributed by atoms with E-state index in [2.05, 4.69) is 29.4 Å². The lowest BCUT2D eigenvalue weighted by atomic mass is 9.88. The minimum Gasteiger partial charge on any atom is -0.352 e. The number of nitrogens with one attached hydrogen (secondary N) is 2. The summed E-state index contributed by atoms with van der Waals surface area (Å²) >= 11 is 0. The summed E-state index contributed by atoms with van der Waals surface area (Å²) in [5, 5.41) is 6.41. The second-order valence-electron chi connectivity index (χ2n) is 5.83. The summed E-state index contributed by atoms with van der Waals surface area (Å²) < 4.78 is 0. The molecule has 0 aromatic heterocycles. The Morgan fingerprint density at radius 1 is 1.35 bits per heavy atom. The van der Waals surface area contributed by atoms with Gasteiger partial charge in [0.05, 0.1) is 0 Å². The first kappa shape index (κ1) is 14.5. The number of likely N-dealkylation sites (N-methyl/N-ethyl adjacent to an activating group) is 1. The molecule has 0 radical (unpaired) electrons. The van der Waals surface area contributed by atoms with Gasteiger partial charge in [-0.3, -0.25) is 4.79 Å². The Kier molecular flexibility index (Phi) is 5.40. The molecule has 0 aromatic carbocycles. The molecule has 0 spiro atoms. The summed E-state index contributed by atoms with van der Waals surface area (Å²) in [7, 11) is 4.08. The minimum absolute atomic E-state index is 0.125. The lowest BCUT2D eigenvalue weighted by Crippen LogP contribution is -2.53. The van der Waals surface area contributed by atoms with Gasteiger partial charge >= 0.3 is 0 Å². The first-order valence-corrected chi connectivity index (χ1v) is 6.57. The Hall–Kier alpha value is -0.610. The van der Waals surface area contributed by atoms with E-state index in [1.807, 2.05) is 21.0 Å². The van der Waals surface area contributed by atoms with E-state index in [1.165, 1.54) is 0 Å². The van der Waals surface area contributed by atoms with Crippen LogP contribution in [0.2, 0.25) is 0 Å². The topological polar surface area (TPSA) is 44.4 Å². The van der Waals surface area contributed by atoms with E-state index in [1.54, 1.807) is 0 Å². The van der Waals surface area contributed by atoms with Crippen molar-refractivity contribution in [1.82, 2.24) is 15.5 Å². The fourth-order valence-corrected chi connectivity index (χ4v) is 2.01. The van der Waals surface area contributed by atoms with Crippen LogP contribution in [0.4, 0.5) is 0 Å². The molecule has 1 saturated heterocycles. The van der Waals surface area contributed by atoms with Crippen molar-refractivity contribution in [2.24, 2.45) is 17.8 Å². The van der Waals surface area contributed by atoms with Gasteiger partial charge in [-0.05, 0) is 39.0 Å². The molecular weight excluding hydrogens is 214 g/mol. The normalized spacial score (nSPS) is 20.2. The zero-order valence-electron chi connectivity index (χ0n) is 11.8. The van der Waals surface area contributed by atoms with Crippen LogP contribution in [-0.4, -0.2) is 50.6 Å². The van der Waals surface area contributed by atoms with Crippen molar-refractivity contribution in [3.8, 4) is 0 Å². The third kappa shape index (κ3) is 4.28. The van der Waals surface area contributed by atoms with E-state index in [0.29, 0.717) is 11.8 Å². The average molecular weight is 241 g/mol. The number of carbonyl (C=O) groups is 1. The van der Waals surface area contributed by atoms with E-state index in [0.717, 1.165) is 19.6 Å². The third-order valence-corrected chi connectivity index (χ3v) is 3.63. The number of rotatable bonds is 6. The van der Waals surface area contributed by atoms with Crippen LogP contribution in [-0.2, 0) is 4.79 Å². The lowest BCUT2D eigenvalue weighted by molar-refractivity contribution is -0.127. The fraction of sp³-hybridized carbons (Fsp3) is 0.923. The zero-order chi connectivity index (χ0) is 13.0. The number of carbonyl (C=O) groups excluding carboxylic acids is 1. The number of hydrogen-bond donors (Lipinski definition) is 2. The Labute approximate surface area is 105 Å². The van der Waals surface area contributed by atoms with Gasteiger partial charge in [0, 0.05) is 18.5 Å². The average Bonchev–Trinajstić information content (AvgIpc) is 2.12. The molecule has 17 heavy (non-hydrogen) atoms. The molecule has 2 N–H and O–H groups in total. The van der Waals surface area contributed by atoms with Crippen LogP contribution >= 0.6 is 0 Å². The van der Waals surface area contributed by atoms with E-state index in [9.17, 15) is 4.79 Å². The summed E-state index contributed by atoms with van der Waals surface area (Å²) in [5.41, 5.74) is 0. The number of amides is 1. The maximum atomic E-state index is 12.1. The van der Waals surface area contributed by atoms with Crippen molar-refractivity contribution in [3.63, 3.8) is 0 Å². The molecule has 1 heterocycles. The molecule has 0 saturated carbocycles.